The monoisotopic (exact) mass is 190 g/mol. The van der Waals surface area contributed by atoms with Gasteiger partial charge in [-0.1, -0.05) is 6.07 Å². The summed E-state index contributed by atoms with van der Waals surface area (Å²) in [5, 5.41) is 9.26. The van der Waals surface area contributed by atoms with Gasteiger partial charge in [0, 0.05) is 7.05 Å². The second-order valence-corrected chi connectivity index (χ2v) is 3.73. The molecule has 74 valence electrons. The molecule has 0 radical (unpaired) electrons. The van der Waals surface area contributed by atoms with Gasteiger partial charge < -0.3 is 9.67 Å². The molecule has 1 heterocycles. The van der Waals surface area contributed by atoms with E-state index in [1.807, 2.05) is 29.8 Å². The molecule has 0 amide bonds. The van der Waals surface area contributed by atoms with E-state index in [1.165, 1.54) is 0 Å². The van der Waals surface area contributed by atoms with Gasteiger partial charge in [0.05, 0.1) is 23.5 Å². The standard InChI is InChI=1S/C11H14N2O/c1-8(14)5-9-3-4-11-10(6-9)12-7-13(11)2/h3-4,6-8,14H,5H2,1-2H3. The van der Waals surface area contributed by atoms with Crippen LogP contribution in [0, 0.1) is 0 Å². The van der Waals surface area contributed by atoms with E-state index >= 15 is 0 Å². The van der Waals surface area contributed by atoms with Crippen LogP contribution in [0.2, 0.25) is 0 Å². The first-order valence-electron chi connectivity index (χ1n) is 4.75. The molecule has 3 nitrogen and oxygen atoms in total. The van der Waals surface area contributed by atoms with Gasteiger partial charge in [-0.2, -0.15) is 0 Å². The molecule has 1 atom stereocenters. The lowest BCUT2D eigenvalue weighted by atomic mass is 10.1. The van der Waals surface area contributed by atoms with Gasteiger partial charge in [0.2, 0.25) is 0 Å². The first-order valence-corrected chi connectivity index (χ1v) is 4.75. The number of aromatic nitrogens is 2. The zero-order chi connectivity index (χ0) is 10.1. The number of rotatable bonds is 2. The Bertz CT molecular complexity index is 445. The van der Waals surface area contributed by atoms with Crippen LogP contribution in [0.5, 0.6) is 0 Å². The highest BCUT2D eigenvalue weighted by Gasteiger charge is 2.03. The van der Waals surface area contributed by atoms with Crippen molar-refractivity contribution in [1.29, 1.82) is 0 Å². The van der Waals surface area contributed by atoms with E-state index in [4.69, 9.17) is 0 Å². The molecule has 1 aromatic carbocycles. The summed E-state index contributed by atoms with van der Waals surface area (Å²) in [6.45, 7) is 1.79. The summed E-state index contributed by atoms with van der Waals surface area (Å²) in [5.41, 5.74) is 3.25. The van der Waals surface area contributed by atoms with Crippen LogP contribution >= 0.6 is 0 Å². The van der Waals surface area contributed by atoms with Crippen LogP contribution in [-0.2, 0) is 13.5 Å². The molecule has 3 heteroatoms. The van der Waals surface area contributed by atoms with Crippen molar-refractivity contribution < 1.29 is 5.11 Å². The van der Waals surface area contributed by atoms with Crippen LogP contribution in [-0.4, -0.2) is 20.8 Å². The molecular weight excluding hydrogens is 176 g/mol. The molecule has 0 aliphatic carbocycles. The molecule has 1 unspecified atom stereocenters. The highest BCUT2D eigenvalue weighted by Crippen LogP contribution is 2.14. The average Bonchev–Trinajstić information content (AvgIpc) is 2.46. The Morgan fingerprint density at radius 2 is 2.29 bits per heavy atom. The third kappa shape index (κ3) is 1.63. The van der Waals surface area contributed by atoms with Gasteiger partial charge in [-0.05, 0) is 31.0 Å². The largest absolute Gasteiger partial charge is 0.393 e. The molecule has 1 aromatic heterocycles. The van der Waals surface area contributed by atoms with Crippen LogP contribution < -0.4 is 0 Å². The number of aliphatic hydroxyl groups is 1. The molecule has 2 rings (SSSR count). The molecule has 14 heavy (non-hydrogen) atoms. The third-order valence-electron chi connectivity index (χ3n) is 2.32. The van der Waals surface area contributed by atoms with Crippen molar-refractivity contribution in [1.82, 2.24) is 9.55 Å². The van der Waals surface area contributed by atoms with Gasteiger partial charge in [-0.25, -0.2) is 4.98 Å². The van der Waals surface area contributed by atoms with E-state index < -0.39 is 0 Å². The van der Waals surface area contributed by atoms with E-state index in [0.717, 1.165) is 16.6 Å². The fraction of sp³-hybridized carbons (Fsp3) is 0.364. The maximum atomic E-state index is 9.26. The molecule has 0 saturated heterocycles. The van der Waals surface area contributed by atoms with E-state index in [2.05, 4.69) is 4.98 Å². The molecular formula is C11H14N2O. The van der Waals surface area contributed by atoms with Crippen LogP contribution in [0.25, 0.3) is 11.0 Å². The van der Waals surface area contributed by atoms with Crippen molar-refractivity contribution in [2.45, 2.75) is 19.4 Å². The minimum Gasteiger partial charge on any atom is -0.393 e. The minimum absolute atomic E-state index is 0.295. The SMILES string of the molecule is CC(O)Cc1ccc2c(c1)ncn2C. The van der Waals surface area contributed by atoms with Gasteiger partial charge >= 0.3 is 0 Å². The molecule has 0 bridgehead atoms. The van der Waals surface area contributed by atoms with Crippen LogP contribution in [0.15, 0.2) is 24.5 Å². The van der Waals surface area contributed by atoms with Crippen LogP contribution in [0.1, 0.15) is 12.5 Å². The Balaban J connectivity index is 2.42. The van der Waals surface area contributed by atoms with Crippen molar-refractivity contribution >= 4 is 11.0 Å². The number of benzene rings is 1. The predicted octanol–water partition coefficient (Wildman–Crippen LogP) is 1.50. The van der Waals surface area contributed by atoms with E-state index in [1.54, 1.807) is 13.3 Å². The van der Waals surface area contributed by atoms with E-state index in [9.17, 15) is 5.11 Å². The molecule has 0 fully saturated rings. The number of hydrogen-bond acceptors (Lipinski definition) is 2. The van der Waals surface area contributed by atoms with Crippen molar-refractivity contribution in [2.75, 3.05) is 0 Å². The zero-order valence-electron chi connectivity index (χ0n) is 8.44. The fourth-order valence-electron chi connectivity index (χ4n) is 1.65. The average molecular weight is 190 g/mol. The Morgan fingerprint density at radius 3 is 3.00 bits per heavy atom. The van der Waals surface area contributed by atoms with Crippen molar-refractivity contribution in [2.24, 2.45) is 7.05 Å². The smallest absolute Gasteiger partial charge is 0.0955 e. The van der Waals surface area contributed by atoms with Crippen molar-refractivity contribution in [3.05, 3.63) is 30.1 Å². The lowest BCUT2D eigenvalue weighted by molar-refractivity contribution is 0.195. The second kappa shape index (κ2) is 3.42. The van der Waals surface area contributed by atoms with Gasteiger partial charge in [0.25, 0.3) is 0 Å². The maximum Gasteiger partial charge on any atom is 0.0955 e. The van der Waals surface area contributed by atoms with Gasteiger partial charge in [0.1, 0.15) is 0 Å². The summed E-state index contributed by atoms with van der Waals surface area (Å²) in [6, 6.07) is 6.11. The Morgan fingerprint density at radius 1 is 1.50 bits per heavy atom. The normalized spacial score (nSPS) is 13.4. The predicted molar refractivity (Wildman–Crippen MR) is 56.1 cm³/mol. The molecule has 0 saturated carbocycles. The topological polar surface area (TPSA) is 38.1 Å². The first kappa shape index (κ1) is 9.21. The summed E-state index contributed by atoms with van der Waals surface area (Å²) < 4.78 is 1.99. The zero-order valence-corrected chi connectivity index (χ0v) is 8.44. The molecule has 0 aliphatic rings. The van der Waals surface area contributed by atoms with Gasteiger partial charge in [-0.3, -0.25) is 0 Å². The summed E-state index contributed by atoms with van der Waals surface area (Å²) >= 11 is 0. The van der Waals surface area contributed by atoms with Crippen LogP contribution in [0.3, 0.4) is 0 Å². The number of nitrogens with zero attached hydrogens (tertiary/aromatic N) is 2. The highest BCUT2D eigenvalue weighted by molar-refractivity contribution is 5.75. The fourth-order valence-corrected chi connectivity index (χ4v) is 1.65. The summed E-state index contributed by atoms with van der Waals surface area (Å²) in [4.78, 5) is 4.27. The third-order valence-corrected chi connectivity index (χ3v) is 2.32. The second-order valence-electron chi connectivity index (χ2n) is 3.73. The van der Waals surface area contributed by atoms with E-state index in [-0.39, 0.29) is 6.10 Å². The van der Waals surface area contributed by atoms with Gasteiger partial charge in [0.15, 0.2) is 0 Å². The molecule has 0 spiro atoms. The number of fused-ring (bicyclic) bond motifs is 1. The summed E-state index contributed by atoms with van der Waals surface area (Å²) in [5.74, 6) is 0. The quantitative estimate of drug-likeness (QED) is 0.779. The summed E-state index contributed by atoms with van der Waals surface area (Å²) in [6.07, 6.45) is 2.19. The van der Waals surface area contributed by atoms with Crippen LogP contribution in [0.4, 0.5) is 0 Å². The van der Waals surface area contributed by atoms with E-state index in [0.29, 0.717) is 6.42 Å². The minimum atomic E-state index is -0.295. The lowest BCUT2D eigenvalue weighted by Gasteiger charge is -2.03. The number of imidazole rings is 1. The number of aryl methyl sites for hydroxylation is 1. The molecule has 0 aliphatic heterocycles. The Labute approximate surface area is 83.0 Å². The number of aliphatic hydroxyl groups excluding tert-OH is 1. The Hall–Kier alpha value is -1.35. The van der Waals surface area contributed by atoms with Crippen molar-refractivity contribution in [3.8, 4) is 0 Å². The first-order chi connectivity index (χ1) is 6.66. The summed E-state index contributed by atoms with van der Waals surface area (Å²) in [7, 11) is 1.98. The molecule has 1 N–H and O–H groups in total. The highest BCUT2D eigenvalue weighted by atomic mass is 16.3. The number of hydrogen-bond donors (Lipinski definition) is 1. The van der Waals surface area contributed by atoms with Gasteiger partial charge in [-0.15, -0.1) is 0 Å². The lowest BCUT2D eigenvalue weighted by Crippen LogP contribution is -2.03. The van der Waals surface area contributed by atoms with Crippen molar-refractivity contribution in [3.63, 3.8) is 0 Å². The maximum absolute atomic E-state index is 9.26. The molecule has 2 aromatic rings. The Kier molecular flexibility index (Phi) is 2.25.